The van der Waals surface area contributed by atoms with E-state index < -0.39 is 0 Å². The van der Waals surface area contributed by atoms with Crippen LogP contribution in [0.5, 0.6) is 0 Å². The fourth-order valence-corrected chi connectivity index (χ4v) is 2.69. The zero-order chi connectivity index (χ0) is 13.8. The molecule has 1 aromatic carbocycles. The van der Waals surface area contributed by atoms with E-state index in [-0.39, 0.29) is 11.8 Å². The number of aromatic nitrogens is 1. The molecule has 0 bridgehead atoms. The van der Waals surface area contributed by atoms with E-state index in [0.717, 1.165) is 24.0 Å². The minimum atomic E-state index is 0.113. The van der Waals surface area contributed by atoms with Crippen molar-refractivity contribution >= 4 is 11.7 Å². The molecule has 20 heavy (non-hydrogen) atoms. The van der Waals surface area contributed by atoms with Gasteiger partial charge < -0.3 is 5.32 Å². The van der Waals surface area contributed by atoms with Crippen molar-refractivity contribution in [1.82, 2.24) is 4.98 Å². The first-order valence-corrected chi connectivity index (χ1v) is 7.15. The molecule has 2 aromatic rings. The molecule has 0 radical (unpaired) electrons. The van der Waals surface area contributed by atoms with Crippen LogP contribution in [0.1, 0.15) is 25.7 Å². The van der Waals surface area contributed by atoms with Crippen molar-refractivity contribution < 1.29 is 4.79 Å². The van der Waals surface area contributed by atoms with Gasteiger partial charge in [-0.15, -0.1) is 0 Å². The largest absolute Gasteiger partial charge is 0.310 e. The van der Waals surface area contributed by atoms with Gasteiger partial charge in [-0.1, -0.05) is 43.2 Å². The Hall–Kier alpha value is -2.16. The molecule has 1 fully saturated rings. The molecule has 0 spiro atoms. The summed E-state index contributed by atoms with van der Waals surface area (Å²) >= 11 is 0. The average molecular weight is 266 g/mol. The monoisotopic (exact) mass is 266 g/mol. The molecule has 0 unspecified atom stereocenters. The molecule has 1 aromatic heterocycles. The van der Waals surface area contributed by atoms with Crippen molar-refractivity contribution in [3.8, 4) is 11.1 Å². The molecular formula is C17H18N2O. The molecular weight excluding hydrogens is 248 g/mol. The van der Waals surface area contributed by atoms with Crippen LogP contribution in [0, 0.1) is 5.92 Å². The van der Waals surface area contributed by atoms with Crippen LogP contribution >= 0.6 is 0 Å². The smallest absolute Gasteiger partial charge is 0.228 e. The average Bonchev–Trinajstić information content (AvgIpc) is 3.03. The highest BCUT2D eigenvalue weighted by molar-refractivity contribution is 5.91. The summed E-state index contributed by atoms with van der Waals surface area (Å²) in [6.45, 7) is 0. The third-order valence-electron chi connectivity index (χ3n) is 3.85. The molecule has 102 valence electrons. The quantitative estimate of drug-likeness (QED) is 0.916. The molecule has 3 nitrogen and oxygen atoms in total. The van der Waals surface area contributed by atoms with Crippen LogP contribution in [0.25, 0.3) is 11.1 Å². The van der Waals surface area contributed by atoms with Crippen LogP contribution < -0.4 is 5.32 Å². The summed E-state index contributed by atoms with van der Waals surface area (Å²) in [5.41, 5.74) is 2.19. The van der Waals surface area contributed by atoms with E-state index in [1.54, 1.807) is 6.20 Å². The summed E-state index contributed by atoms with van der Waals surface area (Å²) in [5, 5.41) is 2.91. The highest BCUT2D eigenvalue weighted by Crippen LogP contribution is 2.26. The second kappa shape index (κ2) is 5.87. The normalized spacial score (nSPS) is 15.2. The fourth-order valence-electron chi connectivity index (χ4n) is 2.69. The lowest BCUT2D eigenvalue weighted by atomic mass is 10.1. The standard InChI is InChI=1S/C17H18N2O/c20-17(14-8-4-5-9-14)19-16-11-10-15(12-18-16)13-6-2-1-3-7-13/h1-3,6-7,10-12,14H,4-5,8-9H2,(H,18,19,20). The van der Waals surface area contributed by atoms with E-state index in [0.29, 0.717) is 5.82 Å². The Morgan fingerprint density at radius 2 is 1.75 bits per heavy atom. The van der Waals surface area contributed by atoms with Gasteiger partial charge in [0.25, 0.3) is 0 Å². The van der Waals surface area contributed by atoms with Crippen molar-refractivity contribution in [2.75, 3.05) is 5.32 Å². The van der Waals surface area contributed by atoms with Gasteiger partial charge in [-0.2, -0.15) is 0 Å². The molecule has 1 aliphatic rings. The number of benzene rings is 1. The summed E-state index contributed by atoms with van der Waals surface area (Å²) in [6.07, 6.45) is 6.15. The van der Waals surface area contributed by atoms with Crippen LogP contribution in [0.2, 0.25) is 0 Å². The first-order valence-electron chi connectivity index (χ1n) is 7.15. The van der Waals surface area contributed by atoms with Crippen molar-refractivity contribution in [1.29, 1.82) is 0 Å². The number of anilines is 1. The van der Waals surface area contributed by atoms with Crippen LogP contribution in [0.15, 0.2) is 48.7 Å². The minimum absolute atomic E-state index is 0.113. The van der Waals surface area contributed by atoms with Crippen LogP contribution in [-0.2, 0) is 4.79 Å². The first kappa shape index (κ1) is 12.9. The number of carbonyl (C=O) groups excluding carboxylic acids is 1. The maximum Gasteiger partial charge on any atom is 0.228 e. The maximum absolute atomic E-state index is 12.0. The Morgan fingerprint density at radius 3 is 2.40 bits per heavy atom. The van der Waals surface area contributed by atoms with Gasteiger partial charge in [0.15, 0.2) is 0 Å². The zero-order valence-electron chi connectivity index (χ0n) is 11.4. The number of pyridine rings is 1. The van der Waals surface area contributed by atoms with Gasteiger partial charge >= 0.3 is 0 Å². The number of nitrogens with one attached hydrogen (secondary N) is 1. The van der Waals surface area contributed by atoms with Gasteiger partial charge in [0.1, 0.15) is 5.82 Å². The number of amides is 1. The van der Waals surface area contributed by atoms with E-state index in [1.807, 2.05) is 42.5 Å². The topological polar surface area (TPSA) is 42.0 Å². The predicted molar refractivity (Wildman–Crippen MR) is 80.3 cm³/mol. The Balaban J connectivity index is 1.68. The molecule has 1 N–H and O–H groups in total. The first-order chi connectivity index (χ1) is 9.83. The van der Waals surface area contributed by atoms with Crippen molar-refractivity contribution in [2.45, 2.75) is 25.7 Å². The molecule has 3 rings (SSSR count). The predicted octanol–water partition coefficient (Wildman–Crippen LogP) is 3.88. The lowest BCUT2D eigenvalue weighted by molar-refractivity contribution is -0.119. The van der Waals surface area contributed by atoms with Gasteiger partial charge in [0, 0.05) is 17.7 Å². The maximum atomic E-state index is 12.0. The van der Waals surface area contributed by atoms with Gasteiger partial charge in [-0.05, 0) is 30.5 Å². The van der Waals surface area contributed by atoms with Crippen LogP contribution in [0.4, 0.5) is 5.82 Å². The molecule has 3 heteroatoms. The highest BCUT2D eigenvalue weighted by atomic mass is 16.1. The summed E-state index contributed by atoms with van der Waals surface area (Å²) in [4.78, 5) is 16.4. The van der Waals surface area contributed by atoms with Crippen molar-refractivity contribution in [3.05, 3.63) is 48.7 Å². The van der Waals surface area contributed by atoms with Gasteiger partial charge in [0.05, 0.1) is 0 Å². The zero-order valence-corrected chi connectivity index (χ0v) is 11.4. The highest BCUT2D eigenvalue weighted by Gasteiger charge is 2.22. The summed E-state index contributed by atoms with van der Waals surface area (Å²) in [5.74, 6) is 0.926. The van der Waals surface area contributed by atoms with E-state index in [1.165, 1.54) is 12.8 Å². The van der Waals surface area contributed by atoms with E-state index in [4.69, 9.17) is 0 Å². The summed E-state index contributed by atoms with van der Waals surface area (Å²) in [6, 6.07) is 14.0. The Morgan fingerprint density at radius 1 is 1.00 bits per heavy atom. The molecule has 1 amide bonds. The molecule has 1 aliphatic carbocycles. The van der Waals surface area contributed by atoms with Crippen molar-refractivity contribution in [3.63, 3.8) is 0 Å². The minimum Gasteiger partial charge on any atom is -0.310 e. The molecule has 0 saturated heterocycles. The number of carbonyl (C=O) groups is 1. The van der Waals surface area contributed by atoms with Gasteiger partial charge in [0.2, 0.25) is 5.91 Å². The molecule has 0 atom stereocenters. The fraction of sp³-hybridized carbons (Fsp3) is 0.294. The second-order valence-corrected chi connectivity index (χ2v) is 5.27. The Bertz CT molecular complexity index is 572. The third kappa shape index (κ3) is 2.87. The second-order valence-electron chi connectivity index (χ2n) is 5.27. The van der Waals surface area contributed by atoms with Gasteiger partial charge in [-0.3, -0.25) is 4.79 Å². The lowest BCUT2D eigenvalue weighted by Gasteiger charge is -2.10. The Labute approximate surface area is 119 Å². The number of hydrogen-bond donors (Lipinski definition) is 1. The van der Waals surface area contributed by atoms with E-state index >= 15 is 0 Å². The lowest BCUT2D eigenvalue weighted by Crippen LogP contribution is -2.20. The molecule has 1 heterocycles. The molecule has 0 aliphatic heterocycles. The van der Waals surface area contributed by atoms with Crippen molar-refractivity contribution in [2.24, 2.45) is 5.92 Å². The summed E-state index contributed by atoms with van der Waals surface area (Å²) in [7, 11) is 0. The van der Waals surface area contributed by atoms with E-state index in [9.17, 15) is 4.79 Å². The Kier molecular flexibility index (Phi) is 3.77. The van der Waals surface area contributed by atoms with Crippen LogP contribution in [0.3, 0.4) is 0 Å². The SMILES string of the molecule is O=C(Nc1ccc(-c2ccccc2)cn1)C1CCCC1. The van der Waals surface area contributed by atoms with Gasteiger partial charge in [-0.25, -0.2) is 4.98 Å². The number of nitrogens with zero attached hydrogens (tertiary/aromatic N) is 1. The number of hydrogen-bond acceptors (Lipinski definition) is 2. The number of rotatable bonds is 3. The van der Waals surface area contributed by atoms with Crippen LogP contribution in [-0.4, -0.2) is 10.9 Å². The molecule has 1 saturated carbocycles. The van der Waals surface area contributed by atoms with E-state index in [2.05, 4.69) is 10.3 Å². The third-order valence-corrected chi connectivity index (χ3v) is 3.85. The summed E-state index contributed by atoms with van der Waals surface area (Å²) < 4.78 is 0.